The smallest absolute Gasteiger partial charge is 0.408 e. The molecule has 0 aliphatic heterocycles. The molecule has 186 valence electrons. The van der Waals surface area contributed by atoms with Crippen LogP contribution in [0.4, 0.5) is 4.79 Å². The molecule has 2 atom stereocenters. The van der Waals surface area contributed by atoms with Crippen LogP contribution >= 0.6 is 22.7 Å². The molecule has 34 heavy (non-hydrogen) atoms. The number of aliphatic hydroxyl groups is 1. The molecule has 0 aliphatic rings. The molecule has 3 amide bonds. The average molecular weight is 514 g/mol. The Labute approximate surface area is 204 Å². The normalized spacial score (nSPS) is 12.9. The number of aromatic nitrogens is 2. The summed E-state index contributed by atoms with van der Waals surface area (Å²) in [7, 11) is 1.14. The van der Waals surface area contributed by atoms with E-state index in [9.17, 15) is 24.3 Å². The minimum Gasteiger partial charge on any atom is -0.467 e. The summed E-state index contributed by atoms with van der Waals surface area (Å²) in [5.74, 6) is -1.89. The Kier molecular flexibility index (Phi) is 9.46. The topological polar surface area (TPSA) is 169 Å². The Balaban J connectivity index is 1.92. The average Bonchev–Trinajstić information content (AvgIpc) is 3.44. The zero-order valence-electron chi connectivity index (χ0n) is 19.3. The highest BCUT2D eigenvalue weighted by Crippen LogP contribution is 2.19. The summed E-state index contributed by atoms with van der Waals surface area (Å²) in [5.41, 5.74) is -0.407. The molecule has 0 aromatic carbocycles. The molecular weight excluding hydrogens is 486 g/mol. The summed E-state index contributed by atoms with van der Waals surface area (Å²) < 4.78 is 9.66. The Morgan fingerprint density at radius 2 is 1.68 bits per heavy atom. The first-order chi connectivity index (χ1) is 15.9. The maximum Gasteiger partial charge on any atom is 0.408 e. The molecule has 2 aromatic rings. The third-order valence-corrected chi connectivity index (χ3v) is 5.89. The molecule has 0 saturated carbocycles. The largest absolute Gasteiger partial charge is 0.467 e. The molecule has 2 rings (SSSR count). The molecule has 2 heterocycles. The van der Waals surface area contributed by atoms with Crippen LogP contribution in [-0.2, 0) is 20.8 Å². The number of hydrogen-bond acceptors (Lipinski definition) is 11. The van der Waals surface area contributed by atoms with Gasteiger partial charge in [0.25, 0.3) is 11.8 Å². The number of amides is 3. The molecule has 0 saturated heterocycles. The lowest BCUT2D eigenvalue weighted by Crippen LogP contribution is -2.44. The van der Waals surface area contributed by atoms with Gasteiger partial charge in [0, 0.05) is 10.8 Å². The second kappa shape index (κ2) is 11.9. The van der Waals surface area contributed by atoms with Crippen molar-refractivity contribution < 1.29 is 33.8 Å². The van der Waals surface area contributed by atoms with Crippen molar-refractivity contribution in [1.29, 1.82) is 0 Å². The van der Waals surface area contributed by atoms with Crippen molar-refractivity contribution in [3.63, 3.8) is 0 Å². The van der Waals surface area contributed by atoms with Crippen LogP contribution in [0.5, 0.6) is 0 Å². The van der Waals surface area contributed by atoms with E-state index in [1.54, 1.807) is 33.1 Å². The quantitative estimate of drug-likeness (QED) is 0.362. The van der Waals surface area contributed by atoms with Gasteiger partial charge in [-0.25, -0.2) is 19.6 Å². The van der Waals surface area contributed by atoms with Gasteiger partial charge in [-0.2, -0.15) is 0 Å². The van der Waals surface area contributed by atoms with E-state index in [2.05, 4.69) is 30.7 Å². The van der Waals surface area contributed by atoms with Crippen LogP contribution in [0, 0.1) is 0 Å². The second-order valence-corrected chi connectivity index (χ2v) is 9.81. The molecule has 0 unspecified atom stereocenters. The maximum atomic E-state index is 12.5. The molecule has 4 N–H and O–H groups in total. The Bertz CT molecular complexity index is 1030. The Morgan fingerprint density at radius 1 is 1.06 bits per heavy atom. The van der Waals surface area contributed by atoms with Crippen LogP contribution in [0.3, 0.4) is 0 Å². The zero-order chi connectivity index (χ0) is 25.5. The number of nitrogens with zero attached hydrogens (tertiary/aromatic N) is 2. The first-order valence-corrected chi connectivity index (χ1v) is 11.9. The number of methoxy groups -OCH3 is 1. The third kappa shape index (κ3) is 8.04. The van der Waals surface area contributed by atoms with E-state index in [1.165, 1.54) is 16.7 Å². The summed E-state index contributed by atoms with van der Waals surface area (Å²) >= 11 is 2.36. The van der Waals surface area contributed by atoms with Crippen LogP contribution in [0.15, 0.2) is 10.8 Å². The van der Waals surface area contributed by atoms with Crippen molar-refractivity contribution in [2.75, 3.05) is 13.7 Å². The summed E-state index contributed by atoms with van der Waals surface area (Å²) in [4.78, 5) is 56.5. The predicted molar refractivity (Wildman–Crippen MR) is 124 cm³/mol. The van der Waals surface area contributed by atoms with Gasteiger partial charge in [-0.15, -0.1) is 22.7 Å². The molecule has 0 aliphatic carbocycles. The van der Waals surface area contributed by atoms with E-state index in [-0.39, 0.29) is 17.9 Å². The fourth-order valence-corrected chi connectivity index (χ4v) is 3.96. The van der Waals surface area contributed by atoms with Crippen LogP contribution in [0.2, 0.25) is 0 Å². The highest BCUT2D eigenvalue weighted by molar-refractivity contribution is 7.10. The van der Waals surface area contributed by atoms with Crippen LogP contribution < -0.4 is 16.0 Å². The van der Waals surface area contributed by atoms with E-state index >= 15 is 0 Å². The monoisotopic (exact) mass is 513 g/mol. The van der Waals surface area contributed by atoms with E-state index < -0.39 is 48.2 Å². The second-order valence-electron chi connectivity index (χ2n) is 7.98. The zero-order valence-corrected chi connectivity index (χ0v) is 21.0. The van der Waals surface area contributed by atoms with Crippen LogP contribution in [-0.4, -0.2) is 64.3 Å². The fraction of sp³-hybridized carbons (Fsp3) is 0.500. The van der Waals surface area contributed by atoms with Gasteiger partial charge in [-0.3, -0.25) is 9.59 Å². The molecule has 0 bridgehead atoms. The van der Waals surface area contributed by atoms with Gasteiger partial charge >= 0.3 is 12.1 Å². The molecule has 0 spiro atoms. The molecular formula is C20H27N5O7S2. The SMILES string of the molecule is COC(=O)[C@H](CO)NC(=O)c1csc([C@H](C)NC(=O)c2csc(CNC(=O)OC(C)(C)C)n2)n1. The number of aliphatic hydroxyl groups excluding tert-OH is 1. The van der Waals surface area contributed by atoms with Crippen LogP contribution in [0.25, 0.3) is 0 Å². The summed E-state index contributed by atoms with van der Waals surface area (Å²) in [6.07, 6.45) is -0.581. The van der Waals surface area contributed by atoms with E-state index in [1.807, 2.05) is 0 Å². The summed E-state index contributed by atoms with van der Waals surface area (Å²) in [5, 5.41) is 20.9. The minimum atomic E-state index is -1.21. The first kappa shape index (κ1) is 27.1. The number of esters is 1. The maximum absolute atomic E-state index is 12.5. The number of nitrogens with one attached hydrogen (secondary N) is 3. The Hall–Kier alpha value is -3.10. The van der Waals surface area contributed by atoms with Crippen molar-refractivity contribution in [3.05, 3.63) is 32.2 Å². The first-order valence-electron chi connectivity index (χ1n) is 10.1. The number of hydrogen-bond donors (Lipinski definition) is 4. The van der Waals surface area contributed by atoms with Gasteiger partial charge in [0.1, 0.15) is 27.0 Å². The number of carbonyl (C=O) groups is 4. The predicted octanol–water partition coefficient (Wildman–Crippen LogP) is 1.38. The highest BCUT2D eigenvalue weighted by atomic mass is 32.1. The van der Waals surface area contributed by atoms with Crippen molar-refractivity contribution in [1.82, 2.24) is 25.9 Å². The minimum absolute atomic E-state index is 0.0348. The molecule has 14 heteroatoms. The Morgan fingerprint density at radius 3 is 2.29 bits per heavy atom. The number of rotatable bonds is 9. The lowest BCUT2D eigenvalue weighted by atomic mass is 10.2. The van der Waals surface area contributed by atoms with Crippen molar-refractivity contribution >= 4 is 46.6 Å². The van der Waals surface area contributed by atoms with Crippen molar-refractivity contribution in [2.24, 2.45) is 0 Å². The van der Waals surface area contributed by atoms with Gasteiger partial charge in [-0.1, -0.05) is 0 Å². The molecule has 0 radical (unpaired) electrons. The molecule has 2 aromatic heterocycles. The summed E-state index contributed by atoms with van der Waals surface area (Å²) in [6, 6.07) is -1.73. The van der Waals surface area contributed by atoms with Gasteiger partial charge in [0.05, 0.1) is 26.3 Å². The van der Waals surface area contributed by atoms with Crippen molar-refractivity contribution in [2.45, 2.75) is 51.9 Å². The number of ether oxygens (including phenoxy) is 2. The van der Waals surface area contributed by atoms with E-state index in [4.69, 9.17) is 4.74 Å². The van der Waals surface area contributed by atoms with Crippen LogP contribution in [0.1, 0.15) is 64.7 Å². The standard InChI is InChI=1S/C20H27N5O7S2/c1-10(17-25-13(9-34-17)16(28)24-11(7-26)18(29)31-5)22-15(27)12-8-33-14(23-12)6-21-19(30)32-20(2,3)4/h8-11,26H,6-7H2,1-5H3,(H,21,30)(H,22,27)(H,24,28)/t10-,11-/m0/s1. The number of thiazole rings is 2. The van der Waals surface area contributed by atoms with E-state index in [0.29, 0.717) is 10.0 Å². The van der Waals surface area contributed by atoms with Crippen molar-refractivity contribution in [3.8, 4) is 0 Å². The lowest BCUT2D eigenvalue weighted by Gasteiger charge is -2.19. The number of alkyl carbamates (subject to hydrolysis) is 1. The molecule has 12 nitrogen and oxygen atoms in total. The summed E-state index contributed by atoms with van der Waals surface area (Å²) in [6.45, 7) is 6.46. The third-order valence-electron chi connectivity index (χ3n) is 4.01. The lowest BCUT2D eigenvalue weighted by molar-refractivity contribution is -0.143. The fourth-order valence-electron chi connectivity index (χ4n) is 2.43. The van der Waals surface area contributed by atoms with Gasteiger partial charge in [-0.05, 0) is 27.7 Å². The van der Waals surface area contributed by atoms with E-state index in [0.717, 1.165) is 18.4 Å². The van der Waals surface area contributed by atoms with Gasteiger partial charge in [0.2, 0.25) is 0 Å². The number of carbonyl (C=O) groups excluding carboxylic acids is 4. The molecule has 0 fully saturated rings. The van der Waals surface area contributed by atoms with Gasteiger partial charge in [0.15, 0.2) is 6.04 Å². The highest BCUT2D eigenvalue weighted by Gasteiger charge is 2.24. The van der Waals surface area contributed by atoms with Gasteiger partial charge < -0.3 is 30.5 Å².